The van der Waals surface area contributed by atoms with Crippen molar-refractivity contribution < 1.29 is 52.0 Å². The molecule has 3 rings (SSSR count). The summed E-state index contributed by atoms with van der Waals surface area (Å²) in [5.41, 5.74) is -0.818. The minimum absolute atomic E-state index is 0. The van der Waals surface area contributed by atoms with Gasteiger partial charge in [0.2, 0.25) is 0 Å². The molecular formula is C18H16ClF3OTi-. The minimum Gasteiger partial charge on any atom is -1.00 e. The van der Waals surface area contributed by atoms with Crippen LogP contribution in [0.15, 0.2) is 54.7 Å². The van der Waals surface area contributed by atoms with Crippen LogP contribution >= 0.6 is 0 Å². The van der Waals surface area contributed by atoms with Gasteiger partial charge in [0.05, 0.1) is 7.11 Å². The second-order valence-corrected chi connectivity index (χ2v) is 4.15. The fraction of sp³-hybridized carbons (Fsp3) is 0.222. The van der Waals surface area contributed by atoms with E-state index in [1.54, 1.807) is 0 Å². The smallest absolute Gasteiger partial charge is 1.00 e. The summed E-state index contributed by atoms with van der Waals surface area (Å²) in [4.78, 5) is 0. The third-order valence-electron chi connectivity index (χ3n) is 2.49. The molecule has 127 valence electrons. The SMILES string of the molecule is COc1cc[c-]c(C(F)(F)F)c1.[C-]1=CC=CC1.[C-]1=CC=CC1.[Cl-].[Ti+3]. The van der Waals surface area contributed by atoms with Gasteiger partial charge in [-0.3, -0.25) is 12.2 Å². The van der Waals surface area contributed by atoms with Gasteiger partial charge in [0, 0.05) is 5.75 Å². The first kappa shape index (κ1) is 25.0. The summed E-state index contributed by atoms with van der Waals surface area (Å²) < 4.78 is 40.7. The first-order valence-electron chi connectivity index (χ1n) is 6.60. The van der Waals surface area contributed by atoms with E-state index in [1.165, 1.54) is 19.2 Å². The second kappa shape index (κ2) is 14.1. The molecule has 2 aliphatic carbocycles. The van der Waals surface area contributed by atoms with Crippen LogP contribution in [0.4, 0.5) is 13.2 Å². The molecule has 0 aromatic heterocycles. The van der Waals surface area contributed by atoms with Crippen LogP contribution in [-0.4, -0.2) is 7.11 Å². The van der Waals surface area contributed by atoms with Crippen LogP contribution in [0.2, 0.25) is 0 Å². The molecule has 1 nitrogen and oxygen atoms in total. The topological polar surface area (TPSA) is 9.23 Å². The van der Waals surface area contributed by atoms with E-state index in [1.807, 2.05) is 24.3 Å². The predicted molar refractivity (Wildman–Crippen MR) is 80.0 cm³/mol. The maximum atomic E-state index is 12.0. The Labute approximate surface area is 162 Å². The number of halogens is 4. The minimum atomic E-state index is -4.35. The van der Waals surface area contributed by atoms with E-state index in [2.05, 4.69) is 35.1 Å². The molecule has 0 bridgehead atoms. The third kappa shape index (κ3) is 11.3. The molecular weight excluding hydrogens is 373 g/mol. The summed E-state index contributed by atoms with van der Waals surface area (Å²) in [6, 6.07) is 5.57. The van der Waals surface area contributed by atoms with Gasteiger partial charge in [-0.05, 0) is 0 Å². The van der Waals surface area contributed by atoms with Crippen molar-refractivity contribution in [3.05, 3.63) is 78.4 Å². The van der Waals surface area contributed by atoms with E-state index in [0.717, 1.165) is 18.9 Å². The molecule has 24 heavy (non-hydrogen) atoms. The van der Waals surface area contributed by atoms with E-state index in [0.29, 0.717) is 0 Å². The van der Waals surface area contributed by atoms with Crippen LogP contribution in [-0.2, 0) is 27.9 Å². The monoisotopic (exact) mass is 388 g/mol. The Hall–Kier alpha value is -1.23. The number of benzene rings is 1. The molecule has 1 aromatic rings. The predicted octanol–water partition coefficient (Wildman–Crippen LogP) is 2.13. The van der Waals surface area contributed by atoms with Crippen molar-refractivity contribution in [1.29, 1.82) is 0 Å². The Balaban J connectivity index is 0. The van der Waals surface area contributed by atoms with Gasteiger partial charge in [-0.1, -0.05) is 5.56 Å². The first-order chi connectivity index (χ1) is 10.5. The maximum Gasteiger partial charge on any atom is 3.00 e. The van der Waals surface area contributed by atoms with Gasteiger partial charge in [-0.15, -0.1) is 25.0 Å². The average Bonchev–Trinajstić information content (AvgIpc) is 3.24. The Morgan fingerprint density at radius 1 is 1.04 bits per heavy atom. The van der Waals surface area contributed by atoms with Crippen LogP contribution in [0.5, 0.6) is 5.75 Å². The molecule has 0 spiro atoms. The van der Waals surface area contributed by atoms with Gasteiger partial charge in [-0.25, -0.2) is 24.3 Å². The van der Waals surface area contributed by atoms with E-state index in [9.17, 15) is 13.2 Å². The molecule has 0 N–H and O–H groups in total. The number of rotatable bonds is 1. The summed E-state index contributed by atoms with van der Waals surface area (Å²) in [5, 5.41) is 0. The van der Waals surface area contributed by atoms with Gasteiger partial charge in [-0.2, -0.15) is 37.5 Å². The number of hydrogen-bond donors (Lipinski definition) is 0. The second-order valence-electron chi connectivity index (χ2n) is 4.15. The van der Waals surface area contributed by atoms with Crippen molar-refractivity contribution in [1.82, 2.24) is 0 Å². The quantitative estimate of drug-likeness (QED) is 0.529. The van der Waals surface area contributed by atoms with Crippen molar-refractivity contribution in [2.24, 2.45) is 0 Å². The zero-order chi connectivity index (χ0) is 16.3. The molecule has 0 fully saturated rings. The Kier molecular flexibility index (Phi) is 14.7. The summed E-state index contributed by atoms with van der Waals surface area (Å²) >= 11 is 0. The molecule has 1 aromatic carbocycles. The van der Waals surface area contributed by atoms with E-state index < -0.39 is 11.7 Å². The molecule has 1 radical (unpaired) electrons. The molecule has 0 atom stereocenters. The van der Waals surface area contributed by atoms with Crippen LogP contribution in [0.1, 0.15) is 18.4 Å². The van der Waals surface area contributed by atoms with E-state index in [4.69, 9.17) is 0 Å². The van der Waals surface area contributed by atoms with Gasteiger partial charge in [0.1, 0.15) is 0 Å². The van der Waals surface area contributed by atoms with Gasteiger partial charge in [0.25, 0.3) is 0 Å². The van der Waals surface area contributed by atoms with Crippen LogP contribution < -0.4 is 17.1 Å². The number of methoxy groups -OCH3 is 1. The molecule has 6 heteroatoms. The van der Waals surface area contributed by atoms with E-state index in [-0.39, 0.29) is 39.9 Å². The molecule has 2 aliphatic rings. The standard InChI is InChI=1S/C8H6F3O.2C5H5.ClH.Ti/c1-12-7-4-2-3-6(5-7)8(9,10)11;2*1-2-4-5-3-1;;/h2,4-5H,1H3;2*1-3H,4H2;1H;/q3*-1;;+3/p-1. The van der Waals surface area contributed by atoms with Crippen molar-refractivity contribution in [2.45, 2.75) is 19.0 Å². The van der Waals surface area contributed by atoms with E-state index >= 15 is 0 Å². The van der Waals surface area contributed by atoms with Gasteiger partial charge in [0.15, 0.2) is 0 Å². The normalized spacial score (nSPS) is 13.0. The number of hydrogen-bond acceptors (Lipinski definition) is 1. The molecule has 0 heterocycles. The van der Waals surface area contributed by atoms with Gasteiger partial charge < -0.3 is 17.1 Å². The number of allylic oxidation sites excluding steroid dienone is 8. The zero-order valence-corrected chi connectivity index (χ0v) is 15.3. The van der Waals surface area contributed by atoms with Crippen LogP contribution in [0.3, 0.4) is 0 Å². The molecule has 0 saturated carbocycles. The number of alkyl halides is 3. The van der Waals surface area contributed by atoms with Crippen LogP contribution in [0, 0.1) is 18.2 Å². The molecule has 0 saturated heterocycles. The third-order valence-corrected chi connectivity index (χ3v) is 2.49. The van der Waals surface area contributed by atoms with Gasteiger partial charge >= 0.3 is 27.9 Å². The number of ether oxygens (including phenoxy) is 1. The summed E-state index contributed by atoms with van der Waals surface area (Å²) in [6.07, 6.45) is 15.6. The summed E-state index contributed by atoms with van der Waals surface area (Å²) in [6.45, 7) is 0. The molecule has 0 amide bonds. The fourth-order valence-corrected chi connectivity index (χ4v) is 1.42. The molecule has 0 unspecified atom stereocenters. The van der Waals surface area contributed by atoms with Crippen molar-refractivity contribution in [3.8, 4) is 5.75 Å². The van der Waals surface area contributed by atoms with Crippen molar-refractivity contribution >= 4 is 0 Å². The zero-order valence-electron chi connectivity index (χ0n) is 13.0. The first-order valence-corrected chi connectivity index (χ1v) is 6.60. The maximum absolute atomic E-state index is 12.0. The largest absolute Gasteiger partial charge is 3.00 e. The summed E-state index contributed by atoms with van der Waals surface area (Å²) in [5.74, 6) is 0.182. The fourth-order valence-electron chi connectivity index (χ4n) is 1.42. The average molecular weight is 389 g/mol. The molecule has 0 aliphatic heterocycles. The van der Waals surface area contributed by atoms with Crippen molar-refractivity contribution in [2.75, 3.05) is 7.11 Å². The van der Waals surface area contributed by atoms with Crippen LogP contribution in [0.25, 0.3) is 0 Å². The Morgan fingerprint density at radius 3 is 1.88 bits per heavy atom. The summed E-state index contributed by atoms with van der Waals surface area (Å²) in [7, 11) is 1.31. The van der Waals surface area contributed by atoms with Crippen molar-refractivity contribution in [3.63, 3.8) is 0 Å². The Bertz CT molecular complexity index is 522. The Morgan fingerprint density at radius 2 is 1.58 bits per heavy atom.